The molecule has 1 aliphatic heterocycles. The number of amides is 1. The molecule has 0 N–H and O–H groups in total. The lowest BCUT2D eigenvalue weighted by atomic mass is 10.2. The molecule has 8 heteroatoms. The van der Waals surface area contributed by atoms with Gasteiger partial charge in [0.2, 0.25) is 11.7 Å². The van der Waals surface area contributed by atoms with E-state index < -0.39 is 5.97 Å². The first kappa shape index (κ1) is 19.5. The molecular weight excluding hydrogens is 390 g/mol. The molecule has 1 aromatic heterocycles. The molecule has 0 aliphatic carbocycles. The van der Waals surface area contributed by atoms with Gasteiger partial charge in [0.05, 0.1) is 35.1 Å². The van der Waals surface area contributed by atoms with Crippen molar-refractivity contribution in [2.24, 2.45) is 0 Å². The summed E-state index contributed by atoms with van der Waals surface area (Å²) >= 11 is 7.18. The summed E-state index contributed by atoms with van der Waals surface area (Å²) < 4.78 is 10.3. The molecule has 0 radical (unpaired) electrons. The van der Waals surface area contributed by atoms with Crippen molar-refractivity contribution in [1.29, 1.82) is 0 Å². The molecule has 1 aliphatic rings. The van der Waals surface area contributed by atoms with Crippen LogP contribution in [-0.2, 0) is 20.7 Å². The van der Waals surface area contributed by atoms with E-state index in [4.69, 9.17) is 21.1 Å². The van der Waals surface area contributed by atoms with E-state index in [9.17, 15) is 14.4 Å². The summed E-state index contributed by atoms with van der Waals surface area (Å²) in [4.78, 5) is 39.5. The number of carbonyl (C=O) groups is 3. The number of morpholine rings is 1. The van der Waals surface area contributed by atoms with E-state index in [1.54, 1.807) is 35.2 Å². The molecule has 1 saturated heterocycles. The molecule has 2 aromatic rings. The number of Topliss-reactive ketones (excluding diaryl/α,β-unsaturated/α-hetero) is 1. The van der Waals surface area contributed by atoms with Crippen molar-refractivity contribution in [3.05, 3.63) is 56.7 Å². The van der Waals surface area contributed by atoms with Crippen LogP contribution in [0.4, 0.5) is 0 Å². The fourth-order valence-corrected chi connectivity index (χ4v) is 3.74. The number of thiophene rings is 1. The zero-order chi connectivity index (χ0) is 19.2. The van der Waals surface area contributed by atoms with Crippen molar-refractivity contribution in [3.8, 4) is 0 Å². The number of hydrogen-bond acceptors (Lipinski definition) is 6. The Labute approximate surface area is 165 Å². The molecule has 0 unspecified atom stereocenters. The molecule has 2 heterocycles. The zero-order valence-electron chi connectivity index (χ0n) is 14.5. The van der Waals surface area contributed by atoms with Crippen molar-refractivity contribution >= 4 is 40.6 Å². The Hall–Kier alpha value is -2.22. The van der Waals surface area contributed by atoms with Crippen molar-refractivity contribution < 1.29 is 23.9 Å². The summed E-state index contributed by atoms with van der Waals surface area (Å²) in [6.45, 7) is 1.91. The van der Waals surface area contributed by atoms with Crippen LogP contribution in [0, 0.1) is 0 Å². The highest BCUT2D eigenvalue weighted by atomic mass is 35.5. The Morgan fingerprint density at radius 2 is 1.85 bits per heavy atom. The second kappa shape index (κ2) is 9.12. The van der Waals surface area contributed by atoms with Crippen LogP contribution in [-0.4, -0.2) is 55.5 Å². The Morgan fingerprint density at radius 1 is 1.11 bits per heavy atom. The van der Waals surface area contributed by atoms with Crippen LogP contribution in [0.5, 0.6) is 0 Å². The Balaban J connectivity index is 1.53. The molecular formula is C19H18ClNO5S. The van der Waals surface area contributed by atoms with Crippen molar-refractivity contribution in [1.82, 2.24) is 4.90 Å². The Morgan fingerprint density at radius 3 is 2.59 bits per heavy atom. The lowest BCUT2D eigenvalue weighted by Crippen LogP contribution is -2.41. The number of nitrogens with zero attached hydrogens (tertiary/aromatic N) is 1. The maximum atomic E-state index is 12.3. The molecule has 0 atom stereocenters. The fraction of sp³-hybridized carbons (Fsp3) is 0.316. The number of ether oxygens (including phenoxy) is 2. The summed E-state index contributed by atoms with van der Waals surface area (Å²) in [6.07, 6.45) is 0.247. The quantitative estimate of drug-likeness (QED) is 0.543. The van der Waals surface area contributed by atoms with Gasteiger partial charge in [0.15, 0.2) is 6.61 Å². The summed E-state index contributed by atoms with van der Waals surface area (Å²) in [6, 6.07) is 9.90. The van der Waals surface area contributed by atoms with Gasteiger partial charge in [0, 0.05) is 18.0 Å². The molecule has 27 heavy (non-hydrogen) atoms. The highest BCUT2D eigenvalue weighted by molar-refractivity contribution is 7.14. The number of benzene rings is 1. The van der Waals surface area contributed by atoms with Gasteiger partial charge in [-0.3, -0.25) is 9.59 Å². The largest absolute Gasteiger partial charge is 0.454 e. The van der Waals surface area contributed by atoms with Crippen LogP contribution >= 0.6 is 22.9 Å². The van der Waals surface area contributed by atoms with Gasteiger partial charge in [-0.05, 0) is 24.3 Å². The Kier molecular flexibility index (Phi) is 6.60. The lowest BCUT2D eigenvalue weighted by molar-refractivity contribution is -0.134. The van der Waals surface area contributed by atoms with Gasteiger partial charge in [-0.15, -0.1) is 11.3 Å². The third-order valence-electron chi connectivity index (χ3n) is 4.05. The topological polar surface area (TPSA) is 72.9 Å². The van der Waals surface area contributed by atoms with E-state index in [1.807, 2.05) is 0 Å². The third-order valence-corrected chi connectivity index (χ3v) is 5.51. The van der Waals surface area contributed by atoms with E-state index in [0.717, 1.165) is 4.88 Å². The van der Waals surface area contributed by atoms with Crippen LogP contribution in [0.3, 0.4) is 0 Å². The highest BCUT2D eigenvalue weighted by Crippen LogP contribution is 2.20. The number of ketones is 1. The predicted octanol–water partition coefficient (Wildman–Crippen LogP) is 2.84. The van der Waals surface area contributed by atoms with Gasteiger partial charge in [0.25, 0.3) is 0 Å². The van der Waals surface area contributed by atoms with Gasteiger partial charge in [-0.2, -0.15) is 0 Å². The summed E-state index contributed by atoms with van der Waals surface area (Å²) in [5.41, 5.74) is 0.218. The third kappa shape index (κ3) is 5.15. The number of rotatable bonds is 6. The van der Waals surface area contributed by atoms with E-state index in [-0.39, 0.29) is 35.3 Å². The van der Waals surface area contributed by atoms with Crippen LogP contribution in [0.25, 0.3) is 0 Å². The fourth-order valence-electron chi connectivity index (χ4n) is 2.60. The maximum absolute atomic E-state index is 12.3. The summed E-state index contributed by atoms with van der Waals surface area (Å²) in [5, 5.41) is 0.273. The van der Waals surface area contributed by atoms with Crippen molar-refractivity contribution in [2.75, 3.05) is 32.9 Å². The van der Waals surface area contributed by atoms with Crippen LogP contribution in [0.2, 0.25) is 5.02 Å². The number of hydrogen-bond donors (Lipinski definition) is 0. The standard InChI is InChI=1S/C19H18ClNO5S/c20-15-4-2-1-3-14(15)19(24)26-12-16(22)17-6-5-13(27-17)11-18(23)21-7-9-25-10-8-21/h1-6H,7-12H2. The zero-order valence-corrected chi connectivity index (χ0v) is 16.1. The second-order valence-corrected chi connectivity index (χ2v) is 7.49. The highest BCUT2D eigenvalue weighted by Gasteiger charge is 2.19. The van der Waals surface area contributed by atoms with E-state index in [2.05, 4.69) is 0 Å². The monoisotopic (exact) mass is 407 g/mol. The first-order valence-corrected chi connectivity index (χ1v) is 9.63. The van der Waals surface area contributed by atoms with E-state index >= 15 is 0 Å². The van der Waals surface area contributed by atoms with Crippen LogP contribution in [0.15, 0.2) is 36.4 Å². The lowest BCUT2D eigenvalue weighted by Gasteiger charge is -2.26. The minimum Gasteiger partial charge on any atom is -0.454 e. The minimum atomic E-state index is -0.645. The molecule has 0 bridgehead atoms. The molecule has 0 spiro atoms. The first-order valence-electron chi connectivity index (χ1n) is 8.43. The van der Waals surface area contributed by atoms with Gasteiger partial charge in [0.1, 0.15) is 0 Å². The average molecular weight is 408 g/mol. The molecule has 0 saturated carbocycles. The van der Waals surface area contributed by atoms with E-state index in [0.29, 0.717) is 31.2 Å². The molecule has 1 amide bonds. The SMILES string of the molecule is O=C(COC(=O)c1ccccc1Cl)c1ccc(CC(=O)N2CCOCC2)s1. The number of carbonyl (C=O) groups excluding carboxylic acids is 3. The summed E-state index contributed by atoms with van der Waals surface area (Å²) in [7, 11) is 0. The molecule has 1 aromatic carbocycles. The molecule has 3 rings (SSSR count). The van der Waals surface area contributed by atoms with Crippen LogP contribution in [0.1, 0.15) is 24.9 Å². The van der Waals surface area contributed by atoms with Gasteiger partial charge >= 0.3 is 5.97 Å². The first-order chi connectivity index (χ1) is 13.0. The van der Waals surface area contributed by atoms with Gasteiger partial charge < -0.3 is 14.4 Å². The summed E-state index contributed by atoms with van der Waals surface area (Å²) in [5.74, 6) is -0.942. The minimum absolute atomic E-state index is 0.0179. The average Bonchev–Trinajstić information content (AvgIpc) is 3.15. The second-order valence-electron chi connectivity index (χ2n) is 5.92. The molecule has 1 fully saturated rings. The normalized spacial score (nSPS) is 14.0. The Bertz CT molecular complexity index is 844. The van der Waals surface area contributed by atoms with Crippen molar-refractivity contribution in [3.63, 3.8) is 0 Å². The van der Waals surface area contributed by atoms with Gasteiger partial charge in [-0.1, -0.05) is 23.7 Å². The van der Waals surface area contributed by atoms with Gasteiger partial charge in [-0.25, -0.2) is 4.79 Å². The predicted molar refractivity (Wildman–Crippen MR) is 101 cm³/mol. The number of esters is 1. The maximum Gasteiger partial charge on any atom is 0.340 e. The smallest absolute Gasteiger partial charge is 0.340 e. The molecule has 6 nitrogen and oxygen atoms in total. The number of halogens is 1. The van der Waals surface area contributed by atoms with Crippen LogP contribution < -0.4 is 0 Å². The molecule has 142 valence electrons. The van der Waals surface area contributed by atoms with Crippen molar-refractivity contribution in [2.45, 2.75) is 6.42 Å². The van der Waals surface area contributed by atoms with E-state index in [1.165, 1.54) is 17.4 Å².